The van der Waals surface area contributed by atoms with Crippen LogP contribution in [0, 0.1) is 10.1 Å². The fraction of sp³-hybridized carbons (Fsp3) is 0.200. The van der Waals surface area contributed by atoms with E-state index in [1.54, 1.807) is 30.3 Å². The topological polar surface area (TPSA) is 136 Å². The molecule has 1 aliphatic heterocycles. The number of fused-ring (bicyclic) bond motifs is 1. The number of carbonyl (C=O) groups is 2. The first kappa shape index (κ1) is 25.0. The van der Waals surface area contributed by atoms with Gasteiger partial charge in [0.2, 0.25) is 10.0 Å². The van der Waals surface area contributed by atoms with Crippen molar-refractivity contribution < 1.29 is 27.7 Å². The van der Waals surface area contributed by atoms with Gasteiger partial charge in [-0.05, 0) is 41.8 Å². The number of hydrogen-bond acceptors (Lipinski definition) is 7. The van der Waals surface area contributed by atoms with Gasteiger partial charge >= 0.3 is 5.97 Å². The third-order valence-corrected chi connectivity index (χ3v) is 7.72. The van der Waals surface area contributed by atoms with Crippen LogP contribution in [0.25, 0.3) is 0 Å². The van der Waals surface area contributed by atoms with E-state index in [1.165, 1.54) is 40.7 Å². The first-order chi connectivity index (χ1) is 17.3. The Balaban J connectivity index is 1.45. The molecule has 1 atom stereocenters. The van der Waals surface area contributed by atoms with Crippen LogP contribution in [0.1, 0.15) is 23.6 Å². The summed E-state index contributed by atoms with van der Waals surface area (Å²) in [5.74, 6) is -1.36. The van der Waals surface area contributed by atoms with Crippen LogP contribution >= 0.6 is 0 Å². The third-order valence-electron chi connectivity index (χ3n) is 5.80. The van der Waals surface area contributed by atoms with E-state index in [-0.39, 0.29) is 23.5 Å². The minimum Gasteiger partial charge on any atom is -0.456 e. The average molecular weight is 510 g/mol. The number of sulfonamides is 1. The summed E-state index contributed by atoms with van der Waals surface area (Å²) in [5, 5.41) is 13.2. The normalized spacial score (nSPS) is 15.5. The molecule has 0 saturated carbocycles. The molecule has 3 aromatic rings. The molecule has 11 heteroatoms. The number of esters is 1. The second-order valence-electron chi connectivity index (χ2n) is 8.11. The molecule has 36 heavy (non-hydrogen) atoms. The van der Waals surface area contributed by atoms with Gasteiger partial charge in [0.25, 0.3) is 11.6 Å². The number of non-ortho nitro benzene ring substituents is 1. The molecule has 0 spiro atoms. The number of rotatable bonds is 8. The van der Waals surface area contributed by atoms with Gasteiger partial charge in [0.1, 0.15) is 0 Å². The summed E-state index contributed by atoms with van der Waals surface area (Å²) in [6.45, 7) is -0.386. The first-order valence-electron chi connectivity index (χ1n) is 11.1. The Kier molecular flexibility index (Phi) is 7.41. The van der Waals surface area contributed by atoms with Crippen molar-refractivity contribution in [3.8, 4) is 0 Å². The molecule has 4 rings (SSSR count). The number of anilines is 1. The molecule has 0 fully saturated rings. The van der Waals surface area contributed by atoms with Gasteiger partial charge in [0.15, 0.2) is 6.61 Å². The molecular weight excluding hydrogens is 486 g/mol. The number of carbonyl (C=O) groups excluding carboxylic acids is 2. The number of nitro groups is 1. The van der Waals surface area contributed by atoms with Crippen molar-refractivity contribution in [2.24, 2.45) is 0 Å². The van der Waals surface area contributed by atoms with Gasteiger partial charge in [-0.1, -0.05) is 42.5 Å². The quantitative estimate of drug-likeness (QED) is 0.279. The van der Waals surface area contributed by atoms with Crippen LogP contribution in [0.5, 0.6) is 0 Å². The zero-order chi connectivity index (χ0) is 25.7. The van der Waals surface area contributed by atoms with E-state index in [0.717, 1.165) is 11.1 Å². The smallest absolute Gasteiger partial charge is 0.308 e. The van der Waals surface area contributed by atoms with Crippen LogP contribution < -0.4 is 5.32 Å². The summed E-state index contributed by atoms with van der Waals surface area (Å²) in [6.07, 6.45) is 0.235. The first-order valence-corrected chi connectivity index (χ1v) is 12.5. The predicted molar refractivity (Wildman–Crippen MR) is 131 cm³/mol. The zero-order valence-electron chi connectivity index (χ0n) is 19.1. The molecule has 186 valence electrons. The fourth-order valence-corrected chi connectivity index (χ4v) is 5.71. The number of nitrogens with one attached hydrogen (secondary N) is 1. The lowest BCUT2D eigenvalue weighted by Gasteiger charge is -2.36. The standard InChI is InChI=1S/C25H23N3O7S/c29-24(26-19-10-12-20(13-11-19)28(31)32)17-35-25(30)16-23-22-9-5-4-6-18(22)14-15-27(23)36(33,34)21-7-2-1-3-8-21/h1-13,23H,14-17H2,(H,26,29)/t23-/m0/s1. The lowest BCUT2D eigenvalue weighted by Crippen LogP contribution is -2.41. The second-order valence-corrected chi connectivity index (χ2v) is 10.0. The van der Waals surface area contributed by atoms with Crippen LogP contribution in [0.3, 0.4) is 0 Å². The molecule has 0 radical (unpaired) electrons. The summed E-state index contributed by atoms with van der Waals surface area (Å²) in [4.78, 5) is 35.2. The molecule has 0 saturated heterocycles. The number of nitro benzene ring substituents is 1. The molecule has 1 heterocycles. The van der Waals surface area contributed by atoms with E-state index in [1.807, 2.05) is 12.1 Å². The van der Waals surface area contributed by atoms with E-state index < -0.39 is 39.5 Å². The average Bonchev–Trinajstić information content (AvgIpc) is 2.88. The van der Waals surface area contributed by atoms with Crippen LogP contribution in [0.2, 0.25) is 0 Å². The van der Waals surface area contributed by atoms with Crippen molar-refractivity contribution in [3.05, 3.63) is 100 Å². The predicted octanol–water partition coefficient (Wildman–Crippen LogP) is 3.45. The van der Waals surface area contributed by atoms with E-state index in [9.17, 15) is 28.1 Å². The Morgan fingerprint density at radius 2 is 1.67 bits per heavy atom. The van der Waals surface area contributed by atoms with Crippen molar-refractivity contribution in [3.63, 3.8) is 0 Å². The summed E-state index contributed by atoms with van der Waals surface area (Å²) in [7, 11) is -3.88. The minimum absolute atomic E-state index is 0.123. The zero-order valence-corrected chi connectivity index (χ0v) is 19.9. The molecular formula is C25H23N3O7S. The van der Waals surface area contributed by atoms with Crippen LogP contribution in [0.4, 0.5) is 11.4 Å². The van der Waals surface area contributed by atoms with Gasteiger partial charge in [-0.25, -0.2) is 8.42 Å². The van der Waals surface area contributed by atoms with Crippen molar-refractivity contribution in [2.75, 3.05) is 18.5 Å². The highest BCUT2D eigenvalue weighted by Crippen LogP contribution is 2.36. The maximum absolute atomic E-state index is 13.4. The molecule has 0 aliphatic carbocycles. The minimum atomic E-state index is -3.88. The number of ether oxygens (including phenoxy) is 1. The summed E-state index contributed by atoms with van der Waals surface area (Å²) < 4.78 is 33.2. The Bertz CT molecular complexity index is 1380. The van der Waals surface area contributed by atoms with Gasteiger partial charge in [0.05, 0.1) is 22.3 Å². The molecule has 1 amide bonds. The van der Waals surface area contributed by atoms with E-state index in [2.05, 4.69) is 5.32 Å². The number of benzene rings is 3. The van der Waals surface area contributed by atoms with E-state index in [0.29, 0.717) is 12.1 Å². The number of nitrogens with zero attached hydrogens (tertiary/aromatic N) is 2. The lowest BCUT2D eigenvalue weighted by molar-refractivity contribution is -0.384. The largest absolute Gasteiger partial charge is 0.456 e. The molecule has 1 aliphatic rings. The van der Waals surface area contributed by atoms with Crippen molar-refractivity contribution in [1.82, 2.24) is 4.31 Å². The highest BCUT2D eigenvalue weighted by atomic mass is 32.2. The van der Waals surface area contributed by atoms with Crippen molar-refractivity contribution >= 4 is 33.3 Å². The lowest BCUT2D eigenvalue weighted by atomic mass is 9.92. The Morgan fingerprint density at radius 3 is 2.36 bits per heavy atom. The number of amides is 1. The van der Waals surface area contributed by atoms with E-state index in [4.69, 9.17) is 4.74 Å². The maximum Gasteiger partial charge on any atom is 0.308 e. The van der Waals surface area contributed by atoms with Crippen molar-refractivity contribution in [1.29, 1.82) is 0 Å². The summed E-state index contributed by atoms with van der Waals surface area (Å²) >= 11 is 0. The third kappa shape index (κ3) is 5.58. The van der Waals surface area contributed by atoms with Gasteiger partial charge in [-0.3, -0.25) is 19.7 Å². The molecule has 0 bridgehead atoms. The number of hydrogen-bond donors (Lipinski definition) is 1. The highest BCUT2D eigenvalue weighted by Gasteiger charge is 2.37. The molecule has 0 unspecified atom stereocenters. The molecule has 1 N–H and O–H groups in total. The monoisotopic (exact) mass is 509 g/mol. The Hall–Kier alpha value is -4.09. The summed E-state index contributed by atoms with van der Waals surface area (Å²) in [6, 6.07) is 19.8. The van der Waals surface area contributed by atoms with Crippen LogP contribution in [0.15, 0.2) is 83.8 Å². The summed E-state index contributed by atoms with van der Waals surface area (Å²) in [5.41, 5.74) is 1.85. The van der Waals surface area contributed by atoms with Gasteiger partial charge in [-0.2, -0.15) is 4.31 Å². The Labute approximate surface area is 207 Å². The van der Waals surface area contributed by atoms with Crippen molar-refractivity contribution in [2.45, 2.75) is 23.8 Å². The van der Waals surface area contributed by atoms with Gasteiger partial charge in [-0.15, -0.1) is 0 Å². The molecule has 10 nitrogen and oxygen atoms in total. The van der Waals surface area contributed by atoms with Crippen LogP contribution in [-0.4, -0.2) is 42.7 Å². The second kappa shape index (κ2) is 10.7. The maximum atomic E-state index is 13.4. The van der Waals surface area contributed by atoms with Gasteiger partial charge < -0.3 is 10.1 Å². The molecule has 3 aromatic carbocycles. The van der Waals surface area contributed by atoms with Gasteiger partial charge in [0, 0.05) is 24.4 Å². The Morgan fingerprint density at radius 1 is 1.00 bits per heavy atom. The highest BCUT2D eigenvalue weighted by molar-refractivity contribution is 7.89. The van der Waals surface area contributed by atoms with Crippen LogP contribution in [-0.2, 0) is 30.8 Å². The SMILES string of the molecule is O=C(COC(=O)C[C@H]1c2ccccc2CCN1S(=O)(=O)c1ccccc1)Nc1ccc([N+](=O)[O-])cc1. The van der Waals surface area contributed by atoms with E-state index >= 15 is 0 Å². The molecule has 0 aromatic heterocycles. The fourth-order valence-electron chi connectivity index (χ4n) is 4.08.